The third kappa shape index (κ3) is 5.93. The van der Waals surface area contributed by atoms with Gasteiger partial charge < -0.3 is 15.1 Å². The van der Waals surface area contributed by atoms with Gasteiger partial charge in [0.25, 0.3) is 0 Å². The highest BCUT2D eigenvalue weighted by molar-refractivity contribution is 6.43. The summed E-state index contributed by atoms with van der Waals surface area (Å²) in [5.74, 6) is 0.776. The highest BCUT2D eigenvalue weighted by Gasteiger charge is 2.27. The molecular formula is C22H34Cl2N4O. The van der Waals surface area contributed by atoms with Crippen LogP contribution in [0.5, 0.6) is 0 Å². The Hall–Kier alpha value is -1.17. The first-order valence-corrected chi connectivity index (χ1v) is 11.5. The standard InChI is InChI=1S/C22H34Cl2N4O/c1-16-15-27(13-14-28(16)20-6-4-5-19(23)21(20)24)12-11-17-7-9-18(10-8-17)25-22(29)26(2)3/h4-6,16-18H,7-15H2,1-3H3,(H,25,29)/t16-,17?,18?/m0/s1. The van der Waals surface area contributed by atoms with Crippen molar-refractivity contribution in [3.8, 4) is 0 Å². The molecule has 7 heteroatoms. The predicted octanol–water partition coefficient (Wildman–Crippen LogP) is 4.72. The number of hydrogen-bond donors (Lipinski definition) is 1. The molecule has 5 nitrogen and oxygen atoms in total. The number of anilines is 1. The van der Waals surface area contributed by atoms with E-state index in [2.05, 4.69) is 28.1 Å². The van der Waals surface area contributed by atoms with E-state index < -0.39 is 0 Å². The Morgan fingerprint density at radius 3 is 2.55 bits per heavy atom. The van der Waals surface area contributed by atoms with E-state index in [4.69, 9.17) is 23.2 Å². The maximum absolute atomic E-state index is 11.8. The molecule has 162 valence electrons. The quantitative estimate of drug-likeness (QED) is 0.719. The summed E-state index contributed by atoms with van der Waals surface area (Å²) < 4.78 is 0. The molecule has 1 heterocycles. The van der Waals surface area contributed by atoms with Gasteiger partial charge in [0.05, 0.1) is 15.7 Å². The van der Waals surface area contributed by atoms with E-state index >= 15 is 0 Å². The largest absolute Gasteiger partial charge is 0.365 e. The van der Waals surface area contributed by atoms with Crippen molar-refractivity contribution in [1.29, 1.82) is 0 Å². The lowest BCUT2D eigenvalue weighted by atomic mass is 9.84. The highest BCUT2D eigenvalue weighted by atomic mass is 35.5. The van der Waals surface area contributed by atoms with Gasteiger partial charge in [0.1, 0.15) is 0 Å². The number of hydrogen-bond acceptors (Lipinski definition) is 3. The Kier molecular flexibility index (Phi) is 7.94. The average molecular weight is 441 g/mol. The fourth-order valence-electron chi connectivity index (χ4n) is 4.57. The van der Waals surface area contributed by atoms with E-state index in [1.54, 1.807) is 19.0 Å². The summed E-state index contributed by atoms with van der Waals surface area (Å²) in [5, 5.41) is 4.41. The van der Waals surface area contributed by atoms with Crippen LogP contribution in [0.25, 0.3) is 0 Å². The Labute approximate surface area is 185 Å². The van der Waals surface area contributed by atoms with E-state index in [9.17, 15) is 4.79 Å². The van der Waals surface area contributed by atoms with Gasteiger partial charge in [-0.25, -0.2) is 4.79 Å². The van der Waals surface area contributed by atoms with Gasteiger partial charge in [-0.2, -0.15) is 0 Å². The van der Waals surface area contributed by atoms with Crippen molar-refractivity contribution in [3.63, 3.8) is 0 Å². The van der Waals surface area contributed by atoms with Gasteiger partial charge in [-0.05, 0) is 63.6 Å². The number of halogens is 2. The minimum absolute atomic E-state index is 0.0279. The number of nitrogens with zero attached hydrogens (tertiary/aromatic N) is 3. The number of piperazine rings is 1. The van der Waals surface area contributed by atoms with Crippen molar-refractivity contribution in [1.82, 2.24) is 15.1 Å². The van der Waals surface area contributed by atoms with Gasteiger partial charge in [0, 0.05) is 45.8 Å². The van der Waals surface area contributed by atoms with Crippen molar-refractivity contribution < 1.29 is 4.79 Å². The monoisotopic (exact) mass is 440 g/mol. The molecule has 29 heavy (non-hydrogen) atoms. The first kappa shape index (κ1) is 22.5. The summed E-state index contributed by atoms with van der Waals surface area (Å²) in [6, 6.07) is 6.66. The zero-order valence-electron chi connectivity index (χ0n) is 17.8. The summed E-state index contributed by atoms with van der Waals surface area (Å²) in [6.45, 7) is 6.51. The molecular weight excluding hydrogens is 407 g/mol. The Balaban J connectivity index is 1.41. The summed E-state index contributed by atoms with van der Waals surface area (Å²) >= 11 is 12.6. The lowest BCUT2D eigenvalue weighted by molar-refractivity contribution is 0.187. The number of carbonyl (C=O) groups excluding carboxylic acids is 1. The fraction of sp³-hybridized carbons (Fsp3) is 0.682. The van der Waals surface area contributed by atoms with Crippen molar-refractivity contribution in [3.05, 3.63) is 28.2 Å². The Bertz CT molecular complexity index is 691. The molecule has 0 unspecified atom stereocenters. The van der Waals surface area contributed by atoms with E-state index in [1.165, 1.54) is 19.3 Å². The second-order valence-electron chi connectivity index (χ2n) is 8.77. The van der Waals surface area contributed by atoms with Crippen LogP contribution in [0.3, 0.4) is 0 Å². The fourth-order valence-corrected chi connectivity index (χ4v) is 4.98. The van der Waals surface area contributed by atoms with E-state index in [1.807, 2.05) is 12.1 Å². The number of amides is 2. The summed E-state index contributed by atoms with van der Waals surface area (Å²) in [7, 11) is 3.59. The number of nitrogens with one attached hydrogen (secondary N) is 1. The van der Waals surface area contributed by atoms with Crippen LogP contribution in [-0.4, -0.2) is 68.2 Å². The summed E-state index contributed by atoms with van der Waals surface area (Å²) in [4.78, 5) is 18.4. The predicted molar refractivity (Wildman–Crippen MR) is 122 cm³/mol. The highest BCUT2D eigenvalue weighted by Crippen LogP contribution is 2.34. The molecule has 1 N–H and O–H groups in total. The minimum atomic E-state index is 0.0279. The maximum Gasteiger partial charge on any atom is 0.317 e. The van der Waals surface area contributed by atoms with Crippen molar-refractivity contribution >= 4 is 34.9 Å². The Morgan fingerprint density at radius 2 is 1.90 bits per heavy atom. The number of rotatable bonds is 5. The van der Waals surface area contributed by atoms with Crippen LogP contribution in [0.2, 0.25) is 10.0 Å². The van der Waals surface area contributed by atoms with Gasteiger partial charge in [0.15, 0.2) is 0 Å². The second kappa shape index (κ2) is 10.2. The van der Waals surface area contributed by atoms with Crippen molar-refractivity contribution in [2.45, 2.75) is 51.1 Å². The van der Waals surface area contributed by atoms with Crippen LogP contribution in [0, 0.1) is 5.92 Å². The van der Waals surface area contributed by atoms with Crippen LogP contribution >= 0.6 is 23.2 Å². The van der Waals surface area contributed by atoms with Gasteiger partial charge in [-0.3, -0.25) is 4.90 Å². The van der Waals surface area contributed by atoms with Crippen molar-refractivity contribution in [2.75, 3.05) is 45.2 Å². The van der Waals surface area contributed by atoms with Crippen molar-refractivity contribution in [2.24, 2.45) is 5.92 Å². The molecule has 2 amide bonds. The van der Waals surface area contributed by atoms with E-state index in [0.717, 1.165) is 50.6 Å². The molecule has 0 bridgehead atoms. The SMILES string of the molecule is C[C@H]1CN(CCC2CCC(NC(=O)N(C)C)CC2)CCN1c1cccc(Cl)c1Cl. The van der Waals surface area contributed by atoms with Gasteiger partial charge in [0.2, 0.25) is 0 Å². The summed E-state index contributed by atoms with van der Waals surface area (Å²) in [5.41, 5.74) is 1.05. The summed E-state index contributed by atoms with van der Waals surface area (Å²) in [6.07, 6.45) is 5.88. The second-order valence-corrected chi connectivity index (χ2v) is 9.55. The molecule has 2 fully saturated rings. The van der Waals surface area contributed by atoms with Gasteiger partial charge >= 0.3 is 6.03 Å². The topological polar surface area (TPSA) is 38.8 Å². The number of benzene rings is 1. The van der Waals surface area contributed by atoms with Crippen LogP contribution in [0.4, 0.5) is 10.5 Å². The third-order valence-electron chi connectivity index (χ3n) is 6.39. The molecule has 0 spiro atoms. The van der Waals surface area contributed by atoms with E-state index in [-0.39, 0.29) is 6.03 Å². The molecule has 0 aromatic heterocycles. The van der Waals surface area contributed by atoms with E-state index in [0.29, 0.717) is 22.1 Å². The zero-order chi connectivity index (χ0) is 21.0. The van der Waals surface area contributed by atoms with Crippen LogP contribution in [0.1, 0.15) is 39.0 Å². The van der Waals surface area contributed by atoms with Crippen LogP contribution in [-0.2, 0) is 0 Å². The van der Waals surface area contributed by atoms with Gasteiger partial charge in [-0.15, -0.1) is 0 Å². The minimum Gasteiger partial charge on any atom is -0.365 e. The maximum atomic E-state index is 11.8. The Morgan fingerprint density at radius 1 is 1.17 bits per heavy atom. The third-order valence-corrected chi connectivity index (χ3v) is 7.20. The lowest BCUT2D eigenvalue weighted by Crippen LogP contribution is -2.52. The molecule has 2 aliphatic rings. The molecule has 1 atom stereocenters. The molecule has 3 rings (SSSR count). The smallest absolute Gasteiger partial charge is 0.317 e. The normalized spacial score (nSPS) is 25.7. The van der Waals surface area contributed by atoms with Gasteiger partial charge in [-0.1, -0.05) is 29.3 Å². The first-order chi connectivity index (χ1) is 13.8. The molecule has 1 aliphatic heterocycles. The first-order valence-electron chi connectivity index (χ1n) is 10.8. The molecule has 1 aromatic carbocycles. The molecule has 1 saturated carbocycles. The number of urea groups is 1. The van der Waals surface area contributed by atoms with Crippen LogP contribution in [0.15, 0.2) is 18.2 Å². The molecule has 1 aliphatic carbocycles. The number of carbonyl (C=O) groups is 1. The molecule has 0 radical (unpaired) electrons. The molecule has 1 aromatic rings. The lowest BCUT2D eigenvalue weighted by Gasteiger charge is -2.42. The average Bonchev–Trinajstić information content (AvgIpc) is 2.70. The molecule has 1 saturated heterocycles. The van der Waals surface area contributed by atoms with Crippen LogP contribution < -0.4 is 10.2 Å². The zero-order valence-corrected chi connectivity index (χ0v) is 19.3.